The van der Waals surface area contributed by atoms with Gasteiger partial charge in [0, 0.05) is 10.5 Å². The number of alkyl halides is 2. The molecule has 0 amide bonds. The van der Waals surface area contributed by atoms with Gasteiger partial charge in [-0.3, -0.25) is 0 Å². The number of halogens is 2. The quantitative estimate of drug-likeness (QED) is 0.471. The minimum atomic E-state index is -2.38. The third-order valence-corrected chi connectivity index (χ3v) is 5.32. The Morgan fingerprint density at radius 3 is 2.44 bits per heavy atom. The molecule has 0 aliphatic carbocycles. The molecule has 4 rings (SSSR count). The van der Waals surface area contributed by atoms with Gasteiger partial charge in [-0.25, -0.2) is 4.57 Å². The van der Waals surface area contributed by atoms with Crippen LogP contribution in [0, 0.1) is 6.92 Å². The highest BCUT2D eigenvalue weighted by Gasteiger charge is 2.29. The van der Waals surface area contributed by atoms with Gasteiger partial charge in [0.15, 0.2) is 5.69 Å². The van der Waals surface area contributed by atoms with Crippen molar-refractivity contribution in [3.05, 3.63) is 66.1 Å². The molecule has 0 fully saturated rings. The zero-order valence-electron chi connectivity index (χ0n) is 14.0. The molecule has 2 heterocycles. The second-order valence-corrected chi connectivity index (χ2v) is 7.36. The van der Waals surface area contributed by atoms with Gasteiger partial charge in [-0.1, -0.05) is 41.6 Å². The first kappa shape index (κ1) is 16.3. The lowest BCUT2D eigenvalue weighted by atomic mass is 10.1. The molecular formula is C20H19F2N2S+. The van der Waals surface area contributed by atoms with Crippen LogP contribution < -0.4 is 4.57 Å². The number of aryl methyl sites for hydroxylation is 1. The molecule has 0 atom stereocenters. The summed E-state index contributed by atoms with van der Waals surface area (Å²) in [6.07, 6.45) is 4.32. The van der Waals surface area contributed by atoms with Crippen molar-refractivity contribution in [2.75, 3.05) is 0 Å². The Morgan fingerprint density at radius 2 is 1.76 bits per heavy atom. The topological polar surface area (TPSA) is 8.81 Å². The van der Waals surface area contributed by atoms with Gasteiger partial charge in [-0.15, -0.1) is 0 Å². The highest BCUT2D eigenvalue weighted by molar-refractivity contribution is 7.99. The molecule has 0 saturated carbocycles. The molecule has 128 valence electrons. The average Bonchev–Trinajstić information content (AvgIpc) is 3.19. The van der Waals surface area contributed by atoms with E-state index < -0.39 is 5.76 Å². The van der Waals surface area contributed by atoms with Gasteiger partial charge in [0.1, 0.15) is 11.9 Å². The average molecular weight is 357 g/mol. The fourth-order valence-electron chi connectivity index (χ4n) is 3.40. The maximum atomic E-state index is 12.5. The molecule has 3 aromatic rings. The van der Waals surface area contributed by atoms with Crippen LogP contribution in [0.25, 0.3) is 16.9 Å². The summed E-state index contributed by atoms with van der Waals surface area (Å²) in [5.41, 5.74) is 4.68. The summed E-state index contributed by atoms with van der Waals surface area (Å²) >= 11 is 0.583. The van der Waals surface area contributed by atoms with E-state index in [4.69, 9.17) is 0 Å². The van der Waals surface area contributed by atoms with Gasteiger partial charge in [-0.05, 0) is 37.6 Å². The van der Waals surface area contributed by atoms with Crippen molar-refractivity contribution in [1.29, 1.82) is 0 Å². The van der Waals surface area contributed by atoms with Crippen LogP contribution in [-0.4, -0.2) is 10.3 Å². The van der Waals surface area contributed by atoms with Crippen LogP contribution in [0.2, 0.25) is 0 Å². The Kier molecular flexibility index (Phi) is 4.34. The molecule has 0 saturated heterocycles. The summed E-state index contributed by atoms with van der Waals surface area (Å²) in [5.74, 6) is -1.12. The van der Waals surface area contributed by atoms with Crippen molar-refractivity contribution in [3.8, 4) is 16.9 Å². The third-order valence-electron chi connectivity index (χ3n) is 4.60. The first-order chi connectivity index (χ1) is 12.1. The van der Waals surface area contributed by atoms with E-state index >= 15 is 0 Å². The monoisotopic (exact) mass is 357 g/mol. The van der Waals surface area contributed by atoms with Crippen LogP contribution in [-0.2, 0) is 13.0 Å². The summed E-state index contributed by atoms with van der Waals surface area (Å²) in [4.78, 5) is 0.592. The van der Waals surface area contributed by atoms with E-state index in [2.05, 4.69) is 46.5 Å². The van der Waals surface area contributed by atoms with E-state index in [1.807, 2.05) is 12.1 Å². The number of rotatable bonds is 4. The molecule has 0 bridgehead atoms. The number of benzene rings is 2. The smallest absolute Gasteiger partial charge is 0.227 e. The zero-order valence-corrected chi connectivity index (χ0v) is 14.8. The number of hydrogen-bond donors (Lipinski definition) is 0. The molecule has 1 aliphatic rings. The van der Waals surface area contributed by atoms with Crippen LogP contribution in [0.15, 0.2) is 59.6 Å². The molecule has 2 aromatic carbocycles. The second kappa shape index (κ2) is 6.64. The minimum absolute atomic E-state index is 0.583. The molecular weight excluding hydrogens is 338 g/mol. The fraction of sp³-hybridized carbons (Fsp3) is 0.250. The van der Waals surface area contributed by atoms with E-state index in [9.17, 15) is 8.78 Å². The Bertz CT molecular complexity index is 883. The number of imidazole rings is 1. The summed E-state index contributed by atoms with van der Waals surface area (Å²) in [5, 5.41) is 0. The molecule has 25 heavy (non-hydrogen) atoms. The lowest BCUT2D eigenvalue weighted by molar-refractivity contribution is -0.679. The van der Waals surface area contributed by atoms with E-state index in [1.165, 1.54) is 22.6 Å². The predicted octanol–water partition coefficient (Wildman–Crippen LogP) is 5.00. The lowest BCUT2D eigenvalue weighted by Gasteiger charge is -2.02. The van der Waals surface area contributed by atoms with Gasteiger partial charge >= 0.3 is 0 Å². The third kappa shape index (κ3) is 3.21. The Hall–Kier alpha value is -2.14. The minimum Gasteiger partial charge on any atom is -0.227 e. The maximum absolute atomic E-state index is 12.5. The van der Waals surface area contributed by atoms with Crippen LogP contribution in [0.1, 0.15) is 17.8 Å². The first-order valence-electron chi connectivity index (χ1n) is 8.38. The molecule has 0 spiro atoms. The summed E-state index contributed by atoms with van der Waals surface area (Å²) in [6, 6.07) is 15.9. The maximum Gasteiger partial charge on any atom is 0.288 e. The van der Waals surface area contributed by atoms with Crippen molar-refractivity contribution < 1.29 is 13.3 Å². The van der Waals surface area contributed by atoms with Crippen LogP contribution in [0.3, 0.4) is 0 Å². The Morgan fingerprint density at radius 1 is 1.04 bits per heavy atom. The van der Waals surface area contributed by atoms with E-state index in [-0.39, 0.29) is 0 Å². The SMILES string of the molecule is Cc1ccc(-c2cn(-c3ccc(SC(F)F)cc3)c3[n+]2CCC3)cc1. The van der Waals surface area contributed by atoms with Gasteiger partial charge < -0.3 is 0 Å². The van der Waals surface area contributed by atoms with E-state index in [0.29, 0.717) is 16.7 Å². The number of hydrogen-bond acceptors (Lipinski definition) is 1. The molecule has 2 nitrogen and oxygen atoms in total. The second-order valence-electron chi connectivity index (χ2n) is 6.29. The highest BCUT2D eigenvalue weighted by atomic mass is 32.2. The molecule has 0 unspecified atom stereocenters. The summed E-state index contributed by atoms with van der Waals surface area (Å²) < 4.78 is 29.6. The summed E-state index contributed by atoms with van der Waals surface area (Å²) in [6.45, 7) is 3.11. The lowest BCUT2D eigenvalue weighted by Crippen LogP contribution is -2.33. The van der Waals surface area contributed by atoms with Crippen LogP contribution >= 0.6 is 11.8 Å². The molecule has 0 N–H and O–H groups in total. The van der Waals surface area contributed by atoms with Crippen molar-refractivity contribution in [1.82, 2.24) is 4.57 Å². The largest absolute Gasteiger partial charge is 0.288 e. The number of fused-ring (bicyclic) bond motifs is 1. The molecule has 0 radical (unpaired) electrons. The van der Waals surface area contributed by atoms with Crippen molar-refractivity contribution >= 4 is 11.8 Å². The van der Waals surface area contributed by atoms with Gasteiger partial charge in [0.2, 0.25) is 0 Å². The van der Waals surface area contributed by atoms with Crippen molar-refractivity contribution in [2.45, 2.75) is 37.0 Å². The normalized spacial score (nSPS) is 13.4. The predicted molar refractivity (Wildman–Crippen MR) is 96.3 cm³/mol. The number of thioether (sulfide) groups is 1. The molecule has 1 aliphatic heterocycles. The van der Waals surface area contributed by atoms with Crippen molar-refractivity contribution in [2.24, 2.45) is 0 Å². The van der Waals surface area contributed by atoms with Gasteiger partial charge in [0.05, 0.1) is 13.0 Å². The van der Waals surface area contributed by atoms with Gasteiger partial charge in [0.25, 0.3) is 11.6 Å². The van der Waals surface area contributed by atoms with Gasteiger partial charge in [-0.2, -0.15) is 13.3 Å². The molecule has 1 aromatic heterocycles. The Labute approximate surface area is 150 Å². The fourth-order valence-corrected chi connectivity index (χ4v) is 3.90. The number of nitrogens with zero attached hydrogens (tertiary/aromatic N) is 2. The first-order valence-corrected chi connectivity index (χ1v) is 9.26. The highest BCUT2D eigenvalue weighted by Crippen LogP contribution is 2.28. The Balaban J connectivity index is 1.73. The number of aromatic nitrogens is 2. The van der Waals surface area contributed by atoms with E-state index in [0.717, 1.165) is 25.1 Å². The van der Waals surface area contributed by atoms with Crippen LogP contribution in [0.4, 0.5) is 8.78 Å². The molecule has 5 heteroatoms. The van der Waals surface area contributed by atoms with Crippen molar-refractivity contribution in [3.63, 3.8) is 0 Å². The zero-order chi connectivity index (χ0) is 17.4. The standard InChI is InChI=1S/C20H19F2N2S/c1-14-4-6-15(7-5-14)18-13-24(19-3-2-12-23(18)19)16-8-10-17(11-9-16)25-20(21)22/h4-11,13,20H,2-3,12H2,1H3/q+1. The van der Waals surface area contributed by atoms with Crippen LogP contribution in [0.5, 0.6) is 0 Å². The van der Waals surface area contributed by atoms with E-state index in [1.54, 1.807) is 12.1 Å². The summed E-state index contributed by atoms with van der Waals surface area (Å²) in [7, 11) is 0.